The fourth-order valence-electron chi connectivity index (χ4n) is 1.50. The molecule has 0 amide bonds. The van der Waals surface area contributed by atoms with Crippen molar-refractivity contribution in [1.82, 2.24) is 0 Å². The van der Waals surface area contributed by atoms with Crippen LogP contribution in [0.2, 0.25) is 5.02 Å². The zero-order chi connectivity index (χ0) is 13.7. The van der Waals surface area contributed by atoms with Gasteiger partial charge in [0.05, 0.1) is 5.02 Å². The van der Waals surface area contributed by atoms with Crippen molar-refractivity contribution in [2.45, 2.75) is 0 Å². The second-order valence-electron chi connectivity index (χ2n) is 3.86. The average Bonchev–Trinajstić information content (AvgIpc) is 2.41. The number of anilines is 1. The molecule has 0 aliphatic rings. The largest absolute Gasteiger partial charge is 0.492 e. The third-order valence-corrected chi connectivity index (χ3v) is 3.27. The fourth-order valence-corrected chi connectivity index (χ4v) is 1.88. The summed E-state index contributed by atoms with van der Waals surface area (Å²) in [6, 6.07) is 12.2. The van der Waals surface area contributed by atoms with Crippen LogP contribution in [0.1, 0.15) is 0 Å². The van der Waals surface area contributed by atoms with Gasteiger partial charge >= 0.3 is 0 Å². The highest BCUT2D eigenvalue weighted by molar-refractivity contribution is 9.10. The van der Waals surface area contributed by atoms with Crippen LogP contribution in [0.3, 0.4) is 0 Å². The molecule has 0 radical (unpaired) electrons. The van der Waals surface area contributed by atoms with Gasteiger partial charge in [-0.15, -0.1) is 0 Å². The first-order chi connectivity index (χ1) is 9.15. The van der Waals surface area contributed by atoms with E-state index in [4.69, 9.17) is 16.3 Å². The molecule has 2 nitrogen and oxygen atoms in total. The zero-order valence-corrected chi connectivity index (χ0v) is 12.3. The summed E-state index contributed by atoms with van der Waals surface area (Å²) in [6.45, 7) is 1.07. The van der Waals surface area contributed by atoms with E-state index in [1.807, 2.05) is 24.3 Å². The molecule has 2 aromatic rings. The van der Waals surface area contributed by atoms with Crippen LogP contribution in [0.25, 0.3) is 0 Å². The average molecular weight is 345 g/mol. The molecule has 0 aromatic heterocycles. The highest BCUT2D eigenvalue weighted by Gasteiger charge is 2.00. The highest BCUT2D eigenvalue weighted by atomic mass is 79.9. The number of rotatable bonds is 5. The van der Waals surface area contributed by atoms with Crippen molar-refractivity contribution in [2.75, 3.05) is 18.5 Å². The van der Waals surface area contributed by atoms with Gasteiger partial charge in [-0.2, -0.15) is 0 Å². The molecule has 5 heteroatoms. The Kier molecular flexibility index (Phi) is 5.05. The summed E-state index contributed by atoms with van der Waals surface area (Å²) in [4.78, 5) is 0. The Morgan fingerprint density at radius 1 is 1.16 bits per heavy atom. The molecule has 0 spiro atoms. The Morgan fingerprint density at radius 2 is 1.89 bits per heavy atom. The molecule has 2 aromatic carbocycles. The van der Waals surface area contributed by atoms with Gasteiger partial charge in [0.2, 0.25) is 0 Å². The lowest BCUT2D eigenvalue weighted by Crippen LogP contribution is -2.11. The number of nitrogens with one attached hydrogen (secondary N) is 1. The van der Waals surface area contributed by atoms with Crippen molar-refractivity contribution >= 4 is 33.2 Å². The van der Waals surface area contributed by atoms with Crippen LogP contribution in [0.5, 0.6) is 5.75 Å². The van der Waals surface area contributed by atoms with E-state index in [1.165, 1.54) is 12.1 Å². The number of ether oxygens (including phenoxy) is 1. The van der Waals surface area contributed by atoms with E-state index < -0.39 is 5.82 Å². The molecule has 0 aliphatic carbocycles. The first kappa shape index (κ1) is 14.2. The first-order valence-corrected chi connectivity index (χ1v) is 6.89. The van der Waals surface area contributed by atoms with E-state index in [1.54, 1.807) is 6.07 Å². The second-order valence-corrected chi connectivity index (χ2v) is 5.18. The van der Waals surface area contributed by atoms with E-state index >= 15 is 0 Å². The van der Waals surface area contributed by atoms with Crippen molar-refractivity contribution in [2.24, 2.45) is 0 Å². The SMILES string of the molecule is Fc1cc(NCCOc2ccc(Br)cc2)ccc1Cl. The molecule has 0 bridgehead atoms. The number of benzene rings is 2. The summed E-state index contributed by atoms with van der Waals surface area (Å²) >= 11 is 8.96. The van der Waals surface area contributed by atoms with E-state index in [0.717, 1.165) is 10.2 Å². The van der Waals surface area contributed by atoms with Gasteiger partial charge in [-0.1, -0.05) is 27.5 Å². The van der Waals surface area contributed by atoms with Crippen molar-refractivity contribution in [3.8, 4) is 5.75 Å². The summed E-state index contributed by atoms with van der Waals surface area (Å²) in [6.07, 6.45) is 0. The molecule has 100 valence electrons. The predicted molar refractivity (Wildman–Crippen MR) is 79.5 cm³/mol. The maximum atomic E-state index is 13.2. The topological polar surface area (TPSA) is 21.3 Å². The Labute approximate surface area is 124 Å². The van der Waals surface area contributed by atoms with Crippen molar-refractivity contribution in [3.63, 3.8) is 0 Å². The second kappa shape index (κ2) is 6.78. The minimum atomic E-state index is -0.430. The minimum Gasteiger partial charge on any atom is -0.492 e. The van der Waals surface area contributed by atoms with Crippen LogP contribution in [-0.2, 0) is 0 Å². The van der Waals surface area contributed by atoms with Crippen LogP contribution >= 0.6 is 27.5 Å². The molecule has 0 aliphatic heterocycles. The maximum absolute atomic E-state index is 13.2. The monoisotopic (exact) mass is 343 g/mol. The zero-order valence-electron chi connectivity index (χ0n) is 10.00. The standard InChI is InChI=1S/C14H12BrClFNO/c15-10-1-4-12(5-2-10)19-8-7-18-11-3-6-13(16)14(17)9-11/h1-6,9,18H,7-8H2. The molecular formula is C14H12BrClFNO. The minimum absolute atomic E-state index is 0.122. The summed E-state index contributed by atoms with van der Waals surface area (Å²) in [7, 11) is 0. The number of hydrogen-bond acceptors (Lipinski definition) is 2. The van der Waals surface area contributed by atoms with Crippen LogP contribution in [0, 0.1) is 5.82 Å². The van der Waals surface area contributed by atoms with Crippen LogP contribution < -0.4 is 10.1 Å². The van der Waals surface area contributed by atoms with Crippen molar-refractivity contribution in [1.29, 1.82) is 0 Å². The van der Waals surface area contributed by atoms with Gasteiger partial charge in [0, 0.05) is 16.7 Å². The van der Waals surface area contributed by atoms with E-state index in [0.29, 0.717) is 18.8 Å². The highest BCUT2D eigenvalue weighted by Crippen LogP contribution is 2.19. The van der Waals surface area contributed by atoms with Crippen LogP contribution in [-0.4, -0.2) is 13.2 Å². The Morgan fingerprint density at radius 3 is 2.58 bits per heavy atom. The van der Waals surface area contributed by atoms with E-state index in [9.17, 15) is 4.39 Å². The normalized spacial score (nSPS) is 10.3. The van der Waals surface area contributed by atoms with Gasteiger partial charge < -0.3 is 10.1 Å². The summed E-state index contributed by atoms with van der Waals surface area (Å²) in [5.41, 5.74) is 0.682. The van der Waals surface area contributed by atoms with Gasteiger partial charge in [0.15, 0.2) is 0 Å². The van der Waals surface area contributed by atoms with Gasteiger partial charge in [0.1, 0.15) is 18.2 Å². The van der Waals surface area contributed by atoms with Gasteiger partial charge in [-0.3, -0.25) is 0 Å². The first-order valence-electron chi connectivity index (χ1n) is 5.72. The summed E-state index contributed by atoms with van der Waals surface area (Å²) in [5, 5.41) is 3.18. The maximum Gasteiger partial charge on any atom is 0.143 e. The number of hydrogen-bond donors (Lipinski definition) is 1. The lowest BCUT2D eigenvalue weighted by atomic mass is 10.3. The lowest BCUT2D eigenvalue weighted by molar-refractivity contribution is 0.333. The molecule has 0 unspecified atom stereocenters. The molecule has 2 rings (SSSR count). The van der Waals surface area contributed by atoms with Crippen molar-refractivity contribution in [3.05, 3.63) is 57.8 Å². The van der Waals surface area contributed by atoms with E-state index in [-0.39, 0.29) is 5.02 Å². The molecule has 0 heterocycles. The molecule has 0 fully saturated rings. The molecule has 0 saturated carbocycles. The Balaban J connectivity index is 1.77. The van der Waals surface area contributed by atoms with Crippen LogP contribution in [0.4, 0.5) is 10.1 Å². The quantitative estimate of drug-likeness (QED) is 0.792. The Hall–Kier alpha value is -1.26. The van der Waals surface area contributed by atoms with Gasteiger partial charge in [-0.25, -0.2) is 4.39 Å². The molecule has 19 heavy (non-hydrogen) atoms. The predicted octanol–water partition coefficient (Wildman–Crippen LogP) is 4.73. The summed E-state index contributed by atoms with van der Waals surface area (Å²) < 4.78 is 19.7. The van der Waals surface area contributed by atoms with Gasteiger partial charge in [-0.05, 0) is 42.5 Å². The third kappa shape index (κ3) is 4.40. The molecular weight excluding hydrogens is 333 g/mol. The van der Waals surface area contributed by atoms with E-state index in [2.05, 4.69) is 21.2 Å². The number of halogens is 3. The molecule has 1 N–H and O–H groups in total. The fraction of sp³-hybridized carbons (Fsp3) is 0.143. The lowest BCUT2D eigenvalue weighted by Gasteiger charge is -2.09. The Bertz CT molecular complexity index is 548. The smallest absolute Gasteiger partial charge is 0.143 e. The molecule has 0 saturated heterocycles. The van der Waals surface area contributed by atoms with Crippen molar-refractivity contribution < 1.29 is 9.13 Å². The summed E-state index contributed by atoms with van der Waals surface area (Å²) in [5.74, 6) is 0.368. The van der Waals surface area contributed by atoms with Crippen LogP contribution in [0.15, 0.2) is 46.9 Å². The molecule has 0 atom stereocenters. The van der Waals surface area contributed by atoms with Gasteiger partial charge in [0.25, 0.3) is 0 Å². The third-order valence-electron chi connectivity index (χ3n) is 2.43.